The summed E-state index contributed by atoms with van der Waals surface area (Å²) in [6.45, 7) is 3.02. The van der Waals surface area contributed by atoms with E-state index < -0.39 is 0 Å². The molecule has 1 aromatic carbocycles. The van der Waals surface area contributed by atoms with Gasteiger partial charge in [-0.15, -0.1) is 0 Å². The predicted octanol–water partition coefficient (Wildman–Crippen LogP) is 2.59. The Bertz CT molecular complexity index is 675. The summed E-state index contributed by atoms with van der Waals surface area (Å²) < 4.78 is 1.64. The maximum absolute atomic E-state index is 12.5. The average molecular weight is 284 g/mol. The molecule has 0 bridgehead atoms. The molecule has 3 rings (SSSR count). The number of rotatable bonds is 3. The number of carbonyl (C=O) groups excluding carboxylic acids is 1. The molecule has 0 spiro atoms. The Balaban J connectivity index is 1.86. The molecule has 2 heterocycles. The molecule has 0 saturated heterocycles. The molecule has 5 heteroatoms. The molecule has 1 aromatic heterocycles. The number of nitrogens with one attached hydrogen (secondary N) is 2. The van der Waals surface area contributed by atoms with Crippen LogP contribution in [-0.4, -0.2) is 22.2 Å². The summed E-state index contributed by atoms with van der Waals surface area (Å²) in [4.78, 5) is 12.5. The summed E-state index contributed by atoms with van der Waals surface area (Å²) in [5.41, 5.74) is 4.73. The topological polar surface area (TPSA) is 59.0 Å². The molecule has 2 N–H and O–H groups in total. The number of hydrogen-bond acceptors (Lipinski definition) is 3. The third-order valence-corrected chi connectivity index (χ3v) is 3.87. The minimum atomic E-state index is -0.108. The fourth-order valence-corrected chi connectivity index (χ4v) is 2.73. The van der Waals surface area contributed by atoms with Gasteiger partial charge in [-0.3, -0.25) is 9.48 Å². The Morgan fingerprint density at radius 1 is 1.48 bits per heavy atom. The van der Waals surface area contributed by atoms with E-state index in [-0.39, 0.29) is 5.91 Å². The number of nitrogens with zero attached hydrogens (tertiary/aromatic N) is 2. The fraction of sp³-hybridized carbons (Fsp3) is 0.375. The number of amides is 1. The van der Waals surface area contributed by atoms with Crippen LogP contribution in [0.15, 0.2) is 24.3 Å². The second-order valence-corrected chi connectivity index (χ2v) is 5.31. The van der Waals surface area contributed by atoms with Gasteiger partial charge < -0.3 is 10.6 Å². The summed E-state index contributed by atoms with van der Waals surface area (Å²) in [5, 5.41) is 10.7. The Hall–Kier alpha value is -2.30. The molecule has 0 aliphatic carbocycles. The second-order valence-electron chi connectivity index (χ2n) is 5.31. The maximum Gasteiger partial charge on any atom is 0.273 e. The molecule has 0 radical (unpaired) electrons. The van der Waals surface area contributed by atoms with Gasteiger partial charge in [-0.2, -0.15) is 5.10 Å². The highest BCUT2D eigenvalue weighted by molar-refractivity contribution is 6.04. The normalized spacial score (nSPS) is 13.4. The van der Waals surface area contributed by atoms with E-state index in [2.05, 4.69) is 21.8 Å². The van der Waals surface area contributed by atoms with E-state index in [0.717, 1.165) is 42.9 Å². The van der Waals surface area contributed by atoms with Crippen LogP contribution in [-0.2, 0) is 19.9 Å². The van der Waals surface area contributed by atoms with Gasteiger partial charge >= 0.3 is 0 Å². The Labute approximate surface area is 124 Å². The molecule has 0 fully saturated rings. The van der Waals surface area contributed by atoms with Crippen molar-refractivity contribution in [2.24, 2.45) is 7.05 Å². The van der Waals surface area contributed by atoms with E-state index in [0.29, 0.717) is 5.69 Å². The van der Waals surface area contributed by atoms with Crippen LogP contribution < -0.4 is 10.6 Å². The van der Waals surface area contributed by atoms with Gasteiger partial charge in [0, 0.05) is 25.0 Å². The Kier molecular flexibility index (Phi) is 3.64. The van der Waals surface area contributed by atoms with Crippen LogP contribution >= 0.6 is 0 Å². The summed E-state index contributed by atoms with van der Waals surface area (Å²) in [5.74, 6) is -0.108. The summed E-state index contributed by atoms with van der Waals surface area (Å²) >= 11 is 0. The minimum Gasteiger partial charge on any atom is -0.385 e. The van der Waals surface area contributed by atoms with Crippen LogP contribution in [0, 0.1) is 0 Å². The number of aryl methyl sites for hydroxylation is 2. The molecule has 21 heavy (non-hydrogen) atoms. The van der Waals surface area contributed by atoms with Crippen LogP contribution in [0.3, 0.4) is 0 Å². The predicted molar refractivity (Wildman–Crippen MR) is 83.8 cm³/mol. The van der Waals surface area contributed by atoms with Crippen molar-refractivity contribution in [1.82, 2.24) is 9.78 Å². The number of carbonyl (C=O) groups is 1. The number of anilines is 2. The molecule has 110 valence electrons. The molecular formula is C16H20N4O. The first-order valence-corrected chi connectivity index (χ1v) is 7.39. The van der Waals surface area contributed by atoms with Crippen LogP contribution in [0.2, 0.25) is 0 Å². The largest absolute Gasteiger partial charge is 0.385 e. The molecule has 1 aliphatic rings. The van der Waals surface area contributed by atoms with Crippen molar-refractivity contribution < 1.29 is 4.79 Å². The first-order valence-electron chi connectivity index (χ1n) is 7.39. The van der Waals surface area contributed by atoms with Crippen molar-refractivity contribution in [2.75, 3.05) is 17.2 Å². The Morgan fingerprint density at radius 3 is 3.10 bits per heavy atom. The van der Waals surface area contributed by atoms with Gasteiger partial charge in [0.2, 0.25) is 0 Å². The third-order valence-electron chi connectivity index (χ3n) is 3.87. The monoisotopic (exact) mass is 284 g/mol. The molecule has 1 amide bonds. The van der Waals surface area contributed by atoms with Crippen LogP contribution in [0.5, 0.6) is 0 Å². The highest BCUT2D eigenvalue weighted by atomic mass is 16.2. The van der Waals surface area contributed by atoms with E-state index in [9.17, 15) is 4.79 Å². The van der Waals surface area contributed by atoms with E-state index >= 15 is 0 Å². The summed E-state index contributed by atoms with van der Waals surface area (Å²) in [7, 11) is 1.80. The van der Waals surface area contributed by atoms with E-state index in [4.69, 9.17) is 0 Å². The van der Waals surface area contributed by atoms with Gasteiger partial charge in [0.15, 0.2) is 0 Å². The number of hydrogen-bond donors (Lipinski definition) is 2. The second kappa shape index (κ2) is 5.60. The van der Waals surface area contributed by atoms with E-state index in [1.54, 1.807) is 11.7 Å². The lowest BCUT2D eigenvalue weighted by Gasteiger charge is -2.21. The van der Waals surface area contributed by atoms with Crippen LogP contribution in [0.1, 0.15) is 35.1 Å². The van der Waals surface area contributed by atoms with Gasteiger partial charge in [-0.1, -0.05) is 13.0 Å². The van der Waals surface area contributed by atoms with Crippen molar-refractivity contribution >= 4 is 17.3 Å². The van der Waals surface area contributed by atoms with Crippen LogP contribution in [0.25, 0.3) is 0 Å². The van der Waals surface area contributed by atoms with Crippen molar-refractivity contribution in [3.8, 4) is 0 Å². The quantitative estimate of drug-likeness (QED) is 0.911. The first kappa shape index (κ1) is 13.7. The zero-order valence-electron chi connectivity index (χ0n) is 12.4. The van der Waals surface area contributed by atoms with E-state index in [1.807, 2.05) is 25.1 Å². The van der Waals surface area contributed by atoms with Crippen molar-refractivity contribution in [3.63, 3.8) is 0 Å². The van der Waals surface area contributed by atoms with Gasteiger partial charge in [-0.25, -0.2) is 0 Å². The third kappa shape index (κ3) is 2.63. The Morgan fingerprint density at radius 2 is 2.33 bits per heavy atom. The molecule has 0 saturated carbocycles. The standard InChI is InChI=1S/C16H20N4O/c1-3-11-10-15(20(2)19-11)16(21)18-14-8-4-7-13-12(14)6-5-9-17-13/h4,7-8,10,17H,3,5-6,9H2,1-2H3,(H,18,21). The van der Waals surface area contributed by atoms with Crippen molar-refractivity contribution in [3.05, 3.63) is 41.2 Å². The first-order chi connectivity index (χ1) is 10.2. The highest BCUT2D eigenvalue weighted by Crippen LogP contribution is 2.29. The van der Waals surface area contributed by atoms with E-state index in [1.165, 1.54) is 5.56 Å². The molecular weight excluding hydrogens is 264 g/mol. The SMILES string of the molecule is CCc1cc(C(=O)Nc2cccc3c2CCCN3)n(C)n1. The molecule has 2 aromatic rings. The lowest BCUT2D eigenvalue weighted by Crippen LogP contribution is -2.19. The number of aromatic nitrogens is 2. The van der Waals surface area contributed by atoms with Crippen molar-refractivity contribution in [1.29, 1.82) is 0 Å². The summed E-state index contributed by atoms with van der Waals surface area (Å²) in [6, 6.07) is 7.83. The molecule has 5 nitrogen and oxygen atoms in total. The number of benzene rings is 1. The van der Waals surface area contributed by atoms with Gasteiger partial charge in [-0.05, 0) is 43.0 Å². The number of fused-ring (bicyclic) bond motifs is 1. The van der Waals surface area contributed by atoms with Gasteiger partial charge in [0.1, 0.15) is 5.69 Å². The lowest BCUT2D eigenvalue weighted by molar-refractivity contribution is 0.101. The zero-order valence-corrected chi connectivity index (χ0v) is 12.4. The average Bonchev–Trinajstić information content (AvgIpc) is 2.89. The minimum absolute atomic E-state index is 0.108. The lowest BCUT2D eigenvalue weighted by atomic mass is 10.0. The van der Waals surface area contributed by atoms with Gasteiger partial charge in [0.05, 0.1) is 5.69 Å². The molecule has 0 unspecified atom stereocenters. The van der Waals surface area contributed by atoms with Crippen molar-refractivity contribution in [2.45, 2.75) is 26.2 Å². The molecule has 1 aliphatic heterocycles. The summed E-state index contributed by atoms with van der Waals surface area (Å²) in [6.07, 6.45) is 2.90. The molecule has 0 atom stereocenters. The van der Waals surface area contributed by atoms with Gasteiger partial charge in [0.25, 0.3) is 5.91 Å². The van der Waals surface area contributed by atoms with Crippen LogP contribution in [0.4, 0.5) is 11.4 Å². The maximum atomic E-state index is 12.5. The fourth-order valence-electron chi connectivity index (χ4n) is 2.73. The highest BCUT2D eigenvalue weighted by Gasteiger charge is 2.17. The zero-order chi connectivity index (χ0) is 14.8. The smallest absolute Gasteiger partial charge is 0.273 e.